The van der Waals surface area contributed by atoms with Gasteiger partial charge in [0.05, 0.1) is 12.2 Å². The van der Waals surface area contributed by atoms with Crippen molar-refractivity contribution in [1.29, 1.82) is 0 Å². The van der Waals surface area contributed by atoms with Crippen LogP contribution in [-0.2, 0) is 11.4 Å². The number of hydrogen-bond donors (Lipinski definition) is 0. The Hall–Kier alpha value is -3.35. The van der Waals surface area contributed by atoms with Crippen LogP contribution < -0.4 is 4.74 Å². The molecule has 0 saturated heterocycles. The second kappa shape index (κ2) is 9.43. The molecule has 0 atom stereocenters. The lowest BCUT2D eigenvalue weighted by molar-refractivity contribution is -0.131. The van der Waals surface area contributed by atoms with Crippen LogP contribution in [0.3, 0.4) is 0 Å². The molecule has 2 heterocycles. The first-order chi connectivity index (χ1) is 14.4. The Kier molecular flexibility index (Phi) is 6.72. The van der Waals surface area contributed by atoms with Gasteiger partial charge in [0.2, 0.25) is 5.91 Å². The largest absolute Gasteiger partial charge is 0.487 e. The van der Waals surface area contributed by atoms with E-state index < -0.39 is 0 Å². The van der Waals surface area contributed by atoms with E-state index in [1.54, 1.807) is 36.2 Å². The molecule has 30 heavy (non-hydrogen) atoms. The fraction of sp³-hybridized carbons (Fsp3) is 0.348. The highest BCUT2D eigenvalue weighted by molar-refractivity contribution is 5.96. The van der Waals surface area contributed by atoms with Crippen molar-refractivity contribution in [2.75, 3.05) is 26.7 Å². The van der Waals surface area contributed by atoms with Crippen molar-refractivity contribution in [2.24, 2.45) is 0 Å². The topological polar surface area (TPSA) is 67.2 Å². The van der Waals surface area contributed by atoms with E-state index in [1.807, 2.05) is 49.7 Å². The molecule has 158 valence electrons. The zero-order valence-corrected chi connectivity index (χ0v) is 18.0. The van der Waals surface area contributed by atoms with Gasteiger partial charge in [-0.05, 0) is 56.7 Å². The fourth-order valence-electron chi connectivity index (χ4n) is 3.25. The molecule has 1 aromatic carbocycles. The lowest BCUT2D eigenvalue weighted by atomic mass is 10.2. The molecule has 0 aliphatic carbocycles. The zero-order chi connectivity index (χ0) is 21.7. The van der Waals surface area contributed by atoms with Crippen LogP contribution in [0, 0.1) is 6.92 Å². The maximum atomic E-state index is 12.6. The monoisotopic (exact) mass is 408 g/mol. The molecule has 7 nitrogen and oxygen atoms in total. The van der Waals surface area contributed by atoms with Gasteiger partial charge in [-0.15, -0.1) is 0 Å². The van der Waals surface area contributed by atoms with Crippen LogP contribution in [0.2, 0.25) is 0 Å². The predicted molar refractivity (Wildman–Crippen MR) is 116 cm³/mol. The van der Waals surface area contributed by atoms with Gasteiger partial charge in [0.15, 0.2) is 0 Å². The summed E-state index contributed by atoms with van der Waals surface area (Å²) in [5, 5.41) is 0. The zero-order valence-electron chi connectivity index (χ0n) is 18.0. The van der Waals surface area contributed by atoms with Crippen LogP contribution in [0.15, 0.2) is 48.8 Å². The van der Waals surface area contributed by atoms with Gasteiger partial charge in [0, 0.05) is 38.1 Å². The van der Waals surface area contributed by atoms with Crippen LogP contribution >= 0.6 is 0 Å². The Labute approximate surface area is 176 Å². The minimum Gasteiger partial charge on any atom is -0.487 e. The average Bonchev–Trinajstić information content (AvgIpc) is 3.15. The molecule has 3 aromatic rings. The lowest BCUT2D eigenvalue weighted by Crippen LogP contribution is -2.41. The number of amides is 2. The average molecular weight is 409 g/mol. The number of carbonyl (C=O) groups is 2. The van der Waals surface area contributed by atoms with E-state index in [-0.39, 0.29) is 18.4 Å². The summed E-state index contributed by atoms with van der Waals surface area (Å²) in [6.07, 6.45) is 3.97. The number of aromatic nitrogens is 2. The molecular formula is C23H28N4O3. The van der Waals surface area contributed by atoms with Crippen molar-refractivity contribution in [3.63, 3.8) is 0 Å². The number of likely N-dealkylation sites (N-methyl/N-ethyl adjacent to an activating group) is 2. The molecule has 7 heteroatoms. The maximum absolute atomic E-state index is 12.6. The number of ether oxygens (including phenoxy) is 1. The van der Waals surface area contributed by atoms with Crippen molar-refractivity contribution in [3.8, 4) is 5.75 Å². The molecule has 0 radical (unpaired) electrons. The minimum absolute atomic E-state index is 0.0570. The molecule has 3 rings (SSSR count). The van der Waals surface area contributed by atoms with Crippen molar-refractivity contribution in [2.45, 2.75) is 27.4 Å². The third-order valence-electron chi connectivity index (χ3n) is 4.97. The molecule has 0 aliphatic heterocycles. The van der Waals surface area contributed by atoms with Gasteiger partial charge < -0.3 is 18.9 Å². The summed E-state index contributed by atoms with van der Waals surface area (Å²) >= 11 is 0. The number of carbonyl (C=O) groups excluding carboxylic acids is 2. The number of imidazole rings is 1. The second-order valence-corrected chi connectivity index (χ2v) is 7.24. The van der Waals surface area contributed by atoms with Crippen molar-refractivity contribution >= 4 is 17.5 Å². The Bertz CT molecular complexity index is 1020. The first-order valence-corrected chi connectivity index (χ1v) is 10.1. The first-order valence-electron chi connectivity index (χ1n) is 10.1. The van der Waals surface area contributed by atoms with E-state index in [1.165, 1.54) is 4.90 Å². The molecular weight excluding hydrogens is 380 g/mol. The van der Waals surface area contributed by atoms with E-state index in [0.717, 1.165) is 16.9 Å². The predicted octanol–water partition coefficient (Wildman–Crippen LogP) is 3.16. The first kappa shape index (κ1) is 21.4. The summed E-state index contributed by atoms with van der Waals surface area (Å²) in [5.74, 6) is 0.401. The number of aryl methyl sites for hydroxylation is 1. The van der Waals surface area contributed by atoms with E-state index >= 15 is 0 Å². The van der Waals surface area contributed by atoms with E-state index in [0.29, 0.717) is 31.0 Å². The number of benzene rings is 1. The summed E-state index contributed by atoms with van der Waals surface area (Å²) in [6, 6.07) is 10.9. The number of hydrogen-bond acceptors (Lipinski definition) is 4. The maximum Gasteiger partial charge on any atom is 0.254 e. The molecule has 0 unspecified atom stereocenters. The normalized spacial score (nSPS) is 10.8. The number of pyridine rings is 1. The van der Waals surface area contributed by atoms with Crippen LogP contribution in [0.4, 0.5) is 0 Å². The molecule has 0 bridgehead atoms. The van der Waals surface area contributed by atoms with Gasteiger partial charge in [-0.25, -0.2) is 4.98 Å². The van der Waals surface area contributed by atoms with Gasteiger partial charge in [0.1, 0.15) is 18.0 Å². The SMILES string of the molecule is CCN(CC)C(=O)CN(C)C(=O)c1ccc(OCc2cn3cc(C)ccc3n2)cc1. The van der Waals surface area contributed by atoms with Gasteiger partial charge in [-0.1, -0.05) is 6.07 Å². The number of fused-ring (bicyclic) bond motifs is 1. The smallest absolute Gasteiger partial charge is 0.254 e. The number of nitrogens with zero attached hydrogens (tertiary/aromatic N) is 4. The molecule has 0 saturated carbocycles. The lowest BCUT2D eigenvalue weighted by Gasteiger charge is -2.23. The molecule has 0 fully saturated rings. The second-order valence-electron chi connectivity index (χ2n) is 7.24. The van der Waals surface area contributed by atoms with Gasteiger partial charge in [-0.3, -0.25) is 9.59 Å². The summed E-state index contributed by atoms with van der Waals surface area (Å²) in [6.45, 7) is 7.56. The quantitative estimate of drug-likeness (QED) is 0.574. The molecule has 0 N–H and O–H groups in total. The summed E-state index contributed by atoms with van der Waals surface area (Å²) in [7, 11) is 1.64. The Morgan fingerprint density at radius 1 is 1.03 bits per heavy atom. The van der Waals surface area contributed by atoms with E-state index in [4.69, 9.17) is 4.74 Å². The molecule has 2 aromatic heterocycles. The van der Waals surface area contributed by atoms with Crippen LogP contribution in [0.25, 0.3) is 5.65 Å². The molecule has 0 spiro atoms. The van der Waals surface area contributed by atoms with E-state index in [2.05, 4.69) is 4.98 Å². The van der Waals surface area contributed by atoms with Crippen molar-refractivity contribution < 1.29 is 14.3 Å². The third kappa shape index (κ3) is 4.97. The van der Waals surface area contributed by atoms with Gasteiger partial charge >= 0.3 is 0 Å². The Morgan fingerprint density at radius 3 is 2.40 bits per heavy atom. The number of rotatable bonds is 8. The van der Waals surface area contributed by atoms with Crippen LogP contribution in [0.5, 0.6) is 5.75 Å². The van der Waals surface area contributed by atoms with Crippen molar-refractivity contribution in [1.82, 2.24) is 19.2 Å². The highest BCUT2D eigenvalue weighted by Crippen LogP contribution is 2.16. The summed E-state index contributed by atoms with van der Waals surface area (Å²) in [4.78, 5) is 32.5. The van der Waals surface area contributed by atoms with E-state index in [9.17, 15) is 9.59 Å². The van der Waals surface area contributed by atoms with Crippen LogP contribution in [0.1, 0.15) is 35.5 Å². The summed E-state index contributed by atoms with van der Waals surface area (Å²) < 4.78 is 7.79. The Morgan fingerprint density at radius 2 is 1.73 bits per heavy atom. The summed E-state index contributed by atoms with van der Waals surface area (Å²) in [5.41, 5.74) is 3.38. The standard InChI is InChI=1S/C23H28N4O3/c1-5-26(6-2)22(28)15-25(4)23(29)18-8-10-20(11-9-18)30-16-19-14-27-13-17(3)7-12-21(27)24-19/h7-14H,5-6,15-16H2,1-4H3. The highest BCUT2D eigenvalue weighted by atomic mass is 16.5. The Balaban J connectivity index is 1.58. The van der Waals surface area contributed by atoms with Crippen molar-refractivity contribution in [3.05, 3.63) is 65.6 Å². The molecule has 2 amide bonds. The van der Waals surface area contributed by atoms with Gasteiger partial charge in [-0.2, -0.15) is 0 Å². The molecule has 0 aliphatic rings. The minimum atomic E-state index is -0.197. The third-order valence-corrected chi connectivity index (χ3v) is 4.97. The highest BCUT2D eigenvalue weighted by Gasteiger charge is 2.18. The van der Waals surface area contributed by atoms with Gasteiger partial charge in [0.25, 0.3) is 5.91 Å². The van der Waals surface area contributed by atoms with Crippen LogP contribution in [-0.4, -0.2) is 57.7 Å². The fourth-order valence-corrected chi connectivity index (χ4v) is 3.25.